The summed E-state index contributed by atoms with van der Waals surface area (Å²) in [7, 11) is -1.22. The van der Waals surface area contributed by atoms with Gasteiger partial charge in [-0.3, -0.25) is 4.68 Å². The van der Waals surface area contributed by atoms with Crippen molar-refractivity contribution < 1.29 is 8.42 Å². The van der Waals surface area contributed by atoms with Crippen molar-refractivity contribution in [2.24, 2.45) is 5.92 Å². The maximum atomic E-state index is 12.6. The van der Waals surface area contributed by atoms with Crippen molar-refractivity contribution >= 4 is 26.7 Å². The second-order valence-corrected chi connectivity index (χ2v) is 9.68. The summed E-state index contributed by atoms with van der Waals surface area (Å²) < 4.78 is 28.3. The Bertz CT molecular complexity index is 861. The molecule has 3 heterocycles. The van der Waals surface area contributed by atoms with E-state index in [4.69, 9.17) is 5.84 Å². The zero-order chi connectivity index (χ0) is 18.4. The third kappa shape index (κ3) is 3.08. The van der Waals surface area contributed by atoms with Gasteiger partial charge in [0.25, 0.3) is 0 Å². The molecule has 0 amide bonds. The summed E-state index contributed by atoms with van der Waals surface area (Å²) in [5.41, 5.74) is 1.74. The molecule has 1 aliphatic rings. The van der Waals surface area contributed by atoms with Gasteiger partial charge in [0.05, 0.1) is 5.25 Å². The highest BCUT2D eigenvalue weighted by molar-refractivity contribution is 7.89. The summed E-state index contributed by atoms with van der Waals surface area (Å²) in [5.74, 6) is 6.31. The number of hydrogen-bond donors (Lipinski definition) is 1. The lowest BCUT2D eigenvalue weighted by atomic mass is 9.93. The van der Waals surface area contributed by atoms with Crippen molar-refractivity contribution in [3.8, 4) is 0 Å². The van der Waals surface area contributed by atoms with Crippen molar-refractivity contribution in [3.05, 3.63) is 24.5 Å². The second-order valence-electron chi connectivity index (χ2n) is 7.19. The van der Waals surface area contributed by atoms with Crippen LogP contribution < -0.4 is 10.7 Å². The van der Waals surface area contributed by atoms with Gasteiger partial charge in [-0.25, -0.2) is 13.4 Å². The predicted octanol–water partition coefficient (Wildman–Crippen LogP) is 1.63. The number of nitrogen functional groups attached to an aromatic ring is 1. The number of piperidine rings is 1. The van der Waals surface area contributed by atoms with Crippen molar-refractivity contribution in [2.45, 2.75) is 38.5 Å². The Balaban J connectivity index is 1.93. The number of anilines is 1. The zero-order valence-electron chi connectivity index (χ0n) is 15.3. The van der Waals surface area contributed by atoms with Crippen molar-refractivity contribution in [3.63, 3.8) is 0 Å². The van der Waals surface area contributed by atoms with E-state index in [0.717, 1.165) is 23.1 Å². The van der Waals surface area contributed by atoms with E-state index < -0.39 is 15.3 Å². The van der Waals surface area contributed by atoms with Gasteiger partial charge in [0.2, 0.25) is 10.0 Å². The molecular formula is C17H27N5O2S. The van der Waals surface area contributed by atoms with Crippen LogP contribution in [0.15, 0.2) is 24.5 Å². The first-order valence-corrected chi connectivity index (χ1v) is 10.2. The van der Waals surface area contributed by atoms with E-state index in [2.05, 4.69) is 16.8 Å². The van der Waals surface area contributed by atoms with Gasteiger partial charge in [-0.1, -0.05) is 6.92 Å². The number of fused-ring (bicyclic) bond motifs is 1. The van der Waals surface area contributed by atoms with E-state index in [0.29, 0.717) is 19.0 Å². The SMILES string of the molecule is CC(C)S(=O)(=O)N1CC[C@@H](C)C(N(C)c2ccnc3c2ccn3N)C1. The Morgan fingerprint density at radius 2 is 2.08 bits per heavy atom. The van der Waals surface area contributed by atoms with E-state index in [1.807, 2.05) is 19.2 Å². The van der Waals surface area contributed by atoms with Gasteiger partial charge in [-0.05, 0) is 38.3 Å². The molecule has 138 valence electrons. The smallest absolute Gasteiger partial charge is 0.216 e. The molecule has 0 spiro atoms. The topological polar surface area (TPSA) is 84.5 Å². The van der Waals surface area contributed by atoms with Gasteiger partial charge in [0, 0.05) is 49.6 Å². The fourth-order valence-corrected chi connectivity index (χ4v) is 4.90. The monoisotopic (exact) mass is 365 g/mol. The Hall–Kier alpha value is -1.80. The van der Waals surface area contributed by atoms with Crippen LogP contribution in [0.25, 0.3) is 11.0 Å². The van der Waals surface area contributed by atoms with Gasteiger partial charge in [-0.15, -0.1) is 0 Å². The average molecular weight is 366 g/mol. The van der Waals surface area contributed by atoms with Crippen molar-refractivity contribution in [1.82, 2.24) is 14.0 Å². The minimum Gasteiger partial charge on any atom is -0.369 e. The normalized spacial score (nSPS) is 22.6. The van der Waals surface area contributed by atoms with Gasteiger partial charge < -0.3 is 10.7 Å². The van der Waals surface area contributed by atoms with Crippen LogP contribution in [0, 0.1) is 5.92 Å². The first-order chi connectivity index (χ1) is 11.7. The molecule has 3 rings (SSSR count). The molecule has 0 bridgehead atoms. The molecule has 7 nitrogen and oxygen atoms in total. The summed E-state index contributed by atoms with van der Waals surface area (Å²) in [5, 5.41) is 0.578. The zero-order valence-corrected chi connectivity index (χ0v) is 16.1. The lowest BCUT2D eigenvalue weighted by Crippen LogP contribution is -2.53. The molecule has 25 heavy (non-hydrogen) atoms. The molecule has 1 aliphatic heterocycles. The highest BCUT2D eigenvalue weighted by Crippen LogP contribution is 2.31. The van der Waals surface area contributed by atoms with E-state index in [9.17, 15) is 8.42 Å². The predicted molar refractivity (Wildman–Crippen MR) is 101 cm³/mol. The summed E-state index contributed by atoms with van der Waals surface area (Å²) in [4.78, 5) is 6.51. The molecular weight excluding hydrogens is 338 g/mol. The van der Waals surface area contributed by atoms with Crippen LogP contribution in [0.3, 0.4) is 0 Å². The molecule has 2 aromatic rings. The lowest BCUT2D eigenvalue weighted by molar-refractivity contribution is 0.246. The molecule has 8 heteroatoms. The number of pyridine rings is 1. The van der Waals surface area contributed by atoms with Crippen LogP contribution in [0.1, 0.15) is 27.2 Å². The summed E-state index contributed by atoms with van der Waals surface area (Å²) >= 11 is 0. The quantitative estimate of drug-likeness (QED) is 0.833. The number of nitrogens with two attached hydrogens (primary N) is 1. The van der Waals surface area contributed by atoms with Crippen LogP contribution in [-0.2, 0) is 10.0 Å². The fraction of sp³-hybridized carbons (Fsp3) is 0.588. The largest absolute Gasteiger partial charge is 0.369 e. The van der Waals surface area contributed by atoms with Gasteiger partial charge in [0.15, 0.2) is 5.65 Å². The minimum absolute atomic E-state index is 0.106. The Kier molecular flexibility index (Phi) is 4.68. The third-order valence-corrected chi connectivity index (χ3v) is 7.55. The van der Waals surface area contributed by atoms with Gasteiger partial charge in [0.1, 0.15) is 0 Å². The average Bonchev–Trinajstić information content (AvgIpc) is 2.96. The molecule has 0 aliphatic carbocycles. The van der Waals surface area contributed by atoms with Crippen LogP contribution in [0.4, 0.5) is 5.69 Å². The molecule has 1 saturated heterocycles. The van der Waals surface area contributed by atoms with Gasteiger partial charge in [-0.2, -0.15) is 4.31 Å². The van der Waals surface area contributed by atoms with E-state index in [1.54, 1.807) is 30.5 Å². The molecule has 0 radical (unpaired) electrons. The highest BCUT2D eigenvalue weighted by atomic mass is 32.2. The minimum atomic E-state index is -3.24. The van der Waals surface area contributed by atoms with Crippen LogP contribution in [-0.4, -0.2) is 53.8 Å². The summed E-state index contributed by atoms with van der Waals surface area (Å²) in [6, 6.07) is 4.02. The van der Waals surface area contributed by atoms with Crippen molar-refractivity contribution in [1.29, 1.82) is 0 Å². The number of aromatic nitrogens is 2. The second kappa shape index (κ2) is 6.49. The molecule has 2 aromatic heterocycles. The van der Waals surface area contributed by atoms with E-state index in [1.165, 1.54) is 4.68 Å². The Morgan fingerprint density at radius 3 is 2.76 bits per heavy atom. The molecule has 2 N–H and O–H groups in total. The van der Waals surface area contributed by atoms with Crippen LogP contribution in [0.5, 0.6) is 0 Å². The maximum absolute atomic E-state index is 12.6. The number of rotatable bonds is 4. The molecule has 0 aromatic carbocycles. The fourth-order valence-electron chi connectivity index (χ4n) is 3.58. The summed E-state index contributed by atoms with van der Waals surface area (Å²) in [6.07, 6.45) is 4.38. The van der Waals surface area contributed by atoms with Crippen molar-refractivity contribution in [2.75, 3.05) is 30.9 Å². The third-order valence-electron chi connectivity index (χ3n) is 5.31. The van der Waals surface area contributed by atoms with Crippen LogP contribution in [0.2, 0.25) is 0 Å². The summed E-state index contributed by atoms with van der Waals surface area (Å²) in [6.45, 7) is 6.76. The standard InChI is InChI=1S/C17H27N5O2S/c1-12(2)25(23,24)21-9-6-13(3)16(11-21)20(4)15-5-8-19-17-14(15)7-10-22(17)18/h5,7-8,10,12-13,16H,6,9,11,18H2,1-4H3/t13-,16?/m1/s1. The van der Waals surface area contributed by atoms with Crippen LogP contribution >= 0.6 is 0 Å². The maximum Gasteiger partial charge on any atom is 0.216 e. The molecule has 1 fully saturated rings. The van der Waals surface area contributed by atoms with Gasteiger partial charge >= 0.3 is 0 Å². The van der Waals surface area contributed by atoms with E-state index >= 15 is 0 Å². The number of nitrogens with zero attached hydrogens (tertiary/aromatic N) is 4. The Labute approximate surface area is 149 Å². The first kappa shape index (κ1) is 18.0. The molecule has 0 saturated carbocycles. The number of likely N-dealkylation sites (N-methyl/N-ethyl adjacent to an activating group) is 1. The molecule has 2 atom stereocenters. The molecule has 1 unspecified atom stereocenters. The van der Waals surface area contributed by atoms with E-state index in [-0.39, 0.29) is 6.04 Å². The first-order valence-electron chi connectivity index (χ1n) is 8.66. The Morgan fingerprint density at radius 1 is 1.36 bits per heavy atom. The number of sulfonamides is 1. The lowest BCUT2D eigenvalue weighted by Gasteiger charge is -2.42. The highest BCUT2D eigenvalue weighted by Gasteiger charge is 2.36. The number of hydrogen-bond acceptors (Lipinski definition) is 5.